The molecule has 1 aliphatic carbocycles. The Morgan fingerprint density at radius 1 is 0.377 bits per heavy atom. The largest absolute Gasteiger partial charge is 0.310 e. The molecule has 0 N–H and O–H groups in total. The van der Waals surface area contributed by atoms with Crippen LogP contribution in [0.15, 0.2) is 206 Å². The van der Waals surface area contributed by atoms with Crippen molar-refractivity contribution in [1.29, 1.82) is 0 Å². The quantitative estimate of drug-likeness (QED) is 0.178. The summed E-state index contributed by atoms with van der Waals surface area (Å²) in [6.45, 7) is 0. The van der Waals surface area contributed by atoms with Gasteiger partial charge >= 0.3 is 0 Å². The van der Waals surface area contributed by atoms with Gasteiger partial charge in [-0.2, -0.15) is 0 Å². The molecule has 2 aliphatic rings. The Morgan fingerprint density at radius 3 is 1.66 bits per heavy atom. The van der Waals surface area contributed by atoms with Crippen molar-refractivity contribution < 1.29 is 0 Å². The number of fused-ring (bicyclic) bond motifs is 13. The van der Waals surface area contributed by atoms with Crippen LogP contribution in [0.5, 0.6) is 0 Å². The van der Waals surface area contributed by atoms with E-state index in [-0.39, 0.29) is 0 Å². The van der Waals surface area contributed by atoms with E-state index < -0.39 is 5.41 Å². The van der Waals surface area contributed by atoms with E-state index in [0.717, 1.165) is 33.2 Å². The van der Waals surface area contributed by atoms with Crippen molar-refractivity contribution in [2.45, 2.75) is 5.41 Å². The van der Waals surface area contributed by atoms with Crippen LogP contribution in [0.4, 0.5) is 17.1 Å². The van der Waals surface area contributed by atoms with Crippen LogP contribution in [0.3, 0.4) is 0 Å². The lowest BCUT2D eigenvalue weighted by atomic mass is 9.64. The summed E-state index contributed by atoms with van der Waals surface area (Å²) < 4.78 is 2.43. The Labute approximate surface area is 356 Å². The zero-order valence-electron chi connectivity index (χ0n) is 32.8. The van der Waals surface area contributed by atoms with Crippen molar-refractivity contribution in [1.82, 2.24) is 15.0 Å². The maximum Gasteiger partial charge on any atom is 0.165 e. The molecule has 0 atom stereocenters. The van der Waals surface area contributed by atoms with Crippen LogP contribution in [-0.2, 0) is 5.41 Å². The standard InChI is InChI=1S/C56H34N4S/c1-2-15-35(16-3-1)53-57-54(59-55(58-53)44-21-14-20-43-42-19-6-13-28-51(42)61-52(43)44)38-30-29-37-34-39(32-31-36(37)33-38)60-49-26-11-9-24-47(49)56(48-25-10-12-27-50(48)60)45-22-7-4-17-40(45)41-18-5-8-23-46(41)56/h1-34H. The normalized spacial score (nSPS) is 13.3. The molecule has 5 heteroatoms. The van der Waals surface area contributed by atoms with Crippen LogP contribution in [0.2, 0.25) is 0 Å². The number of thiophene rings is 1. The van der Waals surface area contributed by atoms with E-state index in [1.54, 1.807) is 11.3 Å². The van der Waals surface area contributed by atoms with Crippen LogP contribution in [0.1, 0.15) is 22.3 Å². The van der Waals surface area contributed by atoms with Gasteiger partial charge in [0, 0.05) is 42.6 Å². The van der Waals surface area contributed by atoms with Crippen LogP contribution < -0.4 is 4.90 Å². The van der Waals surface area contributed by atoms with E-state index in [4.69, 9.17) is 15.0 Å². The van der Waals surface area contributed by atoms with E-state index >= 15 is 0 Å². The maximum atomic E-state index is 5.21. The molecule has 0 saturated carbocycles. The molecule has 3 heterocycles. The van der Waals surface area contributed by atoms with Gasteiger partial charge in [-0.1, -0.05) is 164 Å². The maximum absolute atomic E-state index is 5.21. The van der Waals surface area contributed by atoms with Crippen molar-refractivity contribution in [3.63, 3.8) is 0 Å². The molecule has 1 spiro atoms. The summed E-state index contributed by atoms with van der Waals surface area (Å²) >= 11 is 1.79. The van der Waals surface area contributed by atoms with Crippen LogP contribution in [-0.4, -0.2) is 15.0 Å². The molecular formula is C56H34N4S. The van der Waals surface area contributed by atoms with Gasteiger partial charge in [-0.15, -0.1) is 11.3 Å². The van der Waals surface area contributed by atoms with Crippen molar-refractivity contribution in [3.05, 3.63) is 229 Å². The summed E-state index contributed by atoms with van der Waals surface area (Å²) in [5, 5.41) is 4.72. The fourth-order valence-corrected chi connectivity index (χ4v) is 11.3. The predicted molar refractivity (Wildman–Crippen MR) is 252 cm³/mol. The molecule has 0 saturated heterocycles. The summed E-state index contributed by atoms with van der Waals surface area (Å²) in [5.74, 6) is 1.97. The van der Waals surface area contributed by atoms with Gasteiger partial charge in [-0.3, -0.25) is 0 Å². The SMILES string of the molecule is c1ccc(-c2nc(-c3ccc4cc(N5c6ccccc6C6(c7ccccc7-c7ccccc76)c6ccccc65)ccc4c3)nc(-c3cccc4c3sc3ccccc34)n2)cc1. The van der Waals surface area contributed by atoms with Gasteiger partial charge in [-0.25, -0.2) is 15.0 Å². The average Bonchev–Trinajstić information content (AvgIpc) is 3.86. The van der Waals surface area contributed by atoms with Gasteiger partial charge in [0.2, 0.25) is 0 Å². The number of para-hydroxylation sites is 2. The minimum absolute atomic E-state index is 0.437. The summed E-state index contributed by atoms with van der Waals surface area (Å²) in [6.07, 6.45) is 0. The lowest BCUT2D eigenvalue weighted by Gasteiger charge is -2.45. The van der Waals surface area contributed by atoms with Gasteiger partial charge in [0.1, 0.15) is 0 Å². The highest BCUT2D eigenvalue weighted by Gasteiger charge is 2.51. The summed E-state index contributed by atoms with van der Waals surface area (Å²) in [6, 6.07) is 74.5. The van der Waals surface area contributed by atoms with Crippen molar-refractivity contribution >= 4 is 59.3 Å². The molecule has 1 aliphatic heterocycles. The lowest BCUT2D eigenvalue weighted by Crippen LogP contribution is -2.36. The summed E-state index contributed by atoms with van der Waals surface area (Å²) in [4.78, 5) is 17.9. The fraction of sp³-hybridized carbons (Fsp3) is 0.0179. The highest BCUT2D eigenvalue weighted by molar-refractivity contribution is 7.26. The Hall–Kier alpha value is -7.73. The summed E-state index contributed by atoms with van der Waals surface area (Å²) in [5.41, 5.74) is 13.8. The molecule has 284 valence electrons. The van der Waals surface area contributed by atoms with Gasteiger partial charge in [-0.05, 0) is 86.6 Å². The number of benzene rings is 9. The number of anilines is 3. The zero-order chi connectivity index (χ0) is 40.1. The van der Waals surface area contributed by atoms with Crippen molar-refractivity contribution in [3.8, 4) is 45.3 Å². The average molecular weight is 795 g/mol. The van der Waals surface area contributed by atoms with E-state index in [2.05, 4.69) is 193 Å². The third-order valence-electron chi connectivity index (χ3n) is 12.7. The van der Waals surface area contributed by atoms with Gasteiger partial charge in [0.25, 0.3) is 0 Å². The first kappa shape index (κ1) is 34.2. The molecular weight excluding hydrogens is 761 g/mol. The monoisotopic (exact) mass is 794 g/mol. The minimum Gasteiger partial charge on any atom is -0.310 e. The van der Waals surface area contributed by atoms with Crippen molar-refractivity contribution in [2.24, 2.45) is 0 Å². The van der Waals surface area contributed by atoms with E-state index in [1.165, 1.54) is 64.9 Å². The molecule has 4 nitrogen and oxygen atoms in total. The predicted octanol–water partition coefficient (Wildman–Crippen LogP) is 14.5. The van der Waals surface area contributed by atoms with Gasteiger partial charge < -0.3 is 4.90 Å². The van der Waals surface area contributed by atoms with Crippen molar-refractivity contribution in [2.75, 3.05) is 4.90 Å². The van der Waals surface area contributed by atoms with Crippen LogP contribution in [0, 0.1) is 0 Å². The molecule has 2 aromatic heterocycles. The van der Waals surface area contributed by atoms with E-state index in [0.29, 0.717) is 17.5 Å². The minimum atomic E-state index is -0.437. The van der Waals surface area contributed by atoms with E-state index in [1.807, 2.05) is 18.2 Å². The third-order valence-corrected chi connectivity index (χ3v) is 13.9. The second-order valence-corrected chi connectivity index (χ2v) is 17.0. The Bertz CT molecular complexity index is 3480. The Balaban J connectivity index is 0.952. The number of hydrogen-bond acceptors (Lipinski definition) is 5. The molecule has 11 aromatic rings. The second-order valence-electron chi connectivity index (χ2n) is 15.9. The molecule has 0 amide bonds. The molecule has 0 bridgehead atoms. The van der Waals surface area contributed by atoms with Crippen LogP contribution >= 0.6 is 11.3 Å². The molecule has 0 unspecified atom stereocenters. The van der Waals surface area contributed by atoms with E-state index in [9.17, 15) is 0 Å². The molecule has 0 fully saturated rings. The molecule has 0 radical (unpaired) electrons. The van der Waals surface area contributed by atoms with Gasteiger partial charge in [0.15, 0.2) is 17.5 Å². The lowest BCUT2D eigenvalue weighted by molar-refractivity contribution is 0.752. The summed E-state index contributed by atoms with van der Waals surface area (Å²) in [7, 11) is 0. The molecule has 9 aromatic carbocycles. The number of aromatic nitrogens is 3. The highest BCUT2D eigenvalue weighted by Crippen LogP contribution is 2.63. The first-order valence-electron chi connectivity index (χ1n) is 20.7. The Morgan fingerprint density at radius 2 is 0.918 bits per heavy atom. The number of hydrogen-bond donors (Lipinski definition) is 0. The van der Waals surface area contributed by atoms with Gasteiger partial charge in [0.05, 0.1) is 16.8 Å². The highest BCUT2D eigenvalue weighted by atomic mass is 32.1. The first-order chi connectivity index (χ1) is 30.2. The topological polar surface area (TPSA) is 41.9 Å². The fourth-order valence-electron chi connectivity index (χ4n) is 10.1. The second kappa shape index (κ2) is 13.1. The van der Waals surface area contributed by atoms with Crippen LogP contribution in [0.25, 0.3) is 76.2 Å². The molecule has 61 heavy (non-hydrogen) atoms. The number of nitrogens with zero attached hydrogens (tertiary/aromatic N) is 4. The first-order valence-corrected chi connectivity index (χ1v) is 21.5. The Kier molecular flexibility index (Phi) is 7.36. The molecule has 13 rings (SSSR count). The zero-order valence-corrected chi connectivity index (χ0v) is 33.6. The smallest absolute Gasteiger partial charge is 0.165 e. The third kappa shape index (κ3) is 4.96. The number of rotatable bonds is 4.